The van der Waals surface area contributed by atoms with E-state index in [2.05, 4.69) is 10.2 Å². The van der Waals surface area contributed by atoms with Gasteiger partial charge in [-0.1, -0.05) is 21.6 Å². The van der Waals surface area contributed by atoms with Crippen molar-refractivity contribution in [3.05, 3.63) is 4.91 Å². The number of aliphatic hydroxyl groups excluding tert-OH is 1. The first-order valence-corrected chi connectivity index (χ1v) is 5.20. The van der Waals surface area contributed by atoms with Gasteiger partial charge in [0.2, 0.25) is 0 Å². The lowest BCUT2D eigenvalue weighted by atomic mass is 10.9. The van der Waals surface area contributed by atoms with E-state index in [0.29, 0.717) is 12.4 Å². The summed E-state index contributed by atoms with van der Waals surface area (Å²) in [4.78, 5) is 13.6. The zero-order valence-electron chi connectivity index (χ0n) is 5.36. The number of aliphatic hydroxyl groups is 1. The van der Waals surface area contributed by atoms with Crippen molar-refractivity contribution in [3.63, 3.8) is 0 Å². The van der Waals surface area contributed by atoms with Gasteiger partial charge < -0.3 is 9.94 Å². The topological polar surface area (TPSA) is 58.9 Å². The first kappa shape index (κ1) is 10.1. The maximum Gasteiger partial charge on any atom is 0.155 e. The second-order valence-electron chi connectivity index (χ2n) is 1.28. The Morgan fingerprint density at radius 2 is 2.10 bits per heavy atom. The molecule has 0 unspecified atom stereocenters. The van der Waals surface area contributed by atoms with Crippen molar-refractivity contribution in [2.45, 2.75) is 0 Å². The Morgan fingerprint density at radius 1 is 1.40 bits per heavy atom. The monoisotopic (exact) mass is 183 g/mol. The number of nitrogens with zero attached hydrogens (tertiary/aromatic N) is 1. The highest BCUT2D eigenvalue weighted by Crippen LogP contribution is 2.19. The minimum absolute atomic E-state index is 0.185. The highest BCUT2D eigenvalue weighted by molar-refractivity contribution is 8.76. The van der Waals surface area contributed by atoms with Crippen molar-refractivity contribution in [1.29, 1.82) is 0 Å². The van der Waals surface area contributed by atoms with Crippen LogP contribution in [0.5, 0.6) is 0 Å². The van der Waals surface area contributed by atoms with E-state index in [0.717, 1.165) is 5.75 Å². The quantitative estimate of drug-likeness (QED) is 0.277. The minimum Gasteiger partial charge on any atom is -0.395 e. The predicted molar refractivity (Wildman–Crippen MR) is 43.7 cm³/mol. The molecule has 0 radical (unpaired) electrons. The third kappa shape index (κ3) is 8.06. The SMILES string of the molecule is O=NOCCSSCCO. The summed E-state index contributed by atoms with van der Waals surface area (Å²) in [6.07, 6.45) is 0. The average Bonchev–Trinajstić information content (AvgIpc) is 1.97. The van der Waals surface area contributed by atoms with E-state index in [9.17, 15) is 4.91 Å². The fourth-order valence-corrected chi connectivity index (χ4v) is 1.85. The molecule has 0 heterocycles. The summed E-state index contributed by atoms with van der Waals surface area (Å²) in [5, 5.41) is 10.6. The van der Waals surface area contributed by atoms with Crippen molar-refractivity contribution >= 4 is 21.6 Å². The third-order valence-corrected chi connectivity index (χ3v) is 2.92. The molecule has 0 fully saturated rings. The predicted octanol–water partition coefficient (Wildman–Crippen LogP) is 1.06. The summed E-state index contributed by atoms with van der Waals surface area (Å²) in [6.45, 7) is 0.525. The molecule has 0 aliphatic heterocycles. The minimum atomic E-state index is 0.185. The van der Waals surface area contributed by atoms with Crippen LogP contribution in [0.3, 0.4) is 0 Å². The summed E-state index contributed by atoms with van der Waals surface area (Å²) in [6, 6.07) is 0. The summed E-state index contributed by atoms with van der Waals surface area (Å²) in [5.41, 5.74) is 0. The molecule has 0 saturated carbocycles. The lowest BCUT2D eigenvalue weighted by molar-refractivity contribution is 0.156. The van der Waals surface area contributed by atoms with Gasteiger partial charge in [-0.15, -0.1) is 4.91 Å². The van der Waals surface area contributed by atoms with E-state index in [4.69, 9.17) is 5.11 Å². The Kier molecular flexibility index (Phi) is 9.11. The molecule has 0 aliphatic rings. The second-order valence-corrected chi connectivity index (χ2v) is 3.98. The van der Waals surface area contributed by atoms with E-state index in [-0.39, 0.29) is 6.61 Å². The smallest absolute Gasteiger partial charge is 0.155 e. The van der Waals surface area contributed by atoms with Gasteiger partial charge in [-0.05, 0) is 0 Å². The van der Waals surface area contributed by atoms with Gasteiger partial charge in [-0.2, -0.15) is 0 Å². The van der Waals surface area contributed by atoms with Crippen LogP contribution in [0.15, 0.2) is 5.34 Å². The highest BCUT2D eigenvalue weighted by Gasteiger charge is 1.89. The Hall–Kier alpha value is 0.0600. The van der Waals surface area contributed by atoms with E-state index < -0.39 is 0 Å². The van der Waals surface area contributed by atoms with E-state index in [1.807, 2.05) is 0 Å². The van der Waals surface area contributed by atoms with Gasteiger partial charge in [0, 0.05) is 11.5 Å². The number of rotatable bonds is 7. The fourth-order valence-electron chi connectivity index (χ4n) is 0.264. The van der Waals surface area contributed by atoms with Gasteiger partial charge in [0.25, 0.3) is 0 Å². The zero-order chi connectivity index (χ0) is 7.66. The number of hydrogen-bond donors (Lipinski definition) is 1. The maximum atomic E-state index is 9.37. The van der Waals surface area contributed by atoms with Crippen molar-refractivity contribution in [3.8, 4) is 0 Å². The van der Waals surface area contributed by atoms with Gasteiger partial charge in [0.05, 0.1) is 6.61 Å². The van der Waals surface area contributed by atoms with E-state index >= 15 is 0 Å². The van der Waals surface area contributed by atoms with Gasteiger partial charge in [-0.25, -0.2) is 0 Å². The van der Waals surface area contributed by atoms with Crippen LogP contribution in [0.1, 0.15) is 0 Å². The van der Waals surface area contributed by atoms with Gasteiger partial charge in [-0.3, -0.25) is 0 Å². The van der Waals surface area contributed by atoms with Crippen LogP contribution in [0.4, 0.5) is 0 Å². The molecule has 0 spiro atoms. The Bertz CT molecular complexity index is 82.9. The van der Waals surface area contributed by atoms with Gasteiger partial charge >= 0.3 is 0 Å². The van der Waals surface area contributed by atoms with Crippen LogP contribution < -0.4 is 0 Å². The average molecular weight is 183 g/mol. The van der Waals surface area contributed by atoms with Crippen molar-refractivity contribution in [1.82, 2.24) is 0 Å². The van der Waals surface area contributed by atoms with E-state index in [1.165, 1.54) is 0 Å². The maximum absolute atomic E-state index is 9.37. The molecule has 0 rings (SSSR count). The lowest BCUT2D eigenvalue weighted by Crippen LogP contribution is -1.89. The van der Waals surface area contributed by atoms with Crippen molar-refractivity contribution in [2.75, 3.05) is 24.7 Å². The molecule has 0 aromatic heterocycles. The summed E-state index contributed by atoms with van der Waals surface area (Å²) < 4.78 is 0. The molecule has 4 nitrogen and oxygen atoms in total. The molecular weight excluding hydrogens is 174 g/mol. The van der Waals surface area contributed by atoms with Crippen molar-refractivity contribution < 1.29 is 9.94 Å². The third-order valence-electron chi connectivity index (χ3n) is 0.569. The van der Waals surface area contributed by atoms with Crippen LogP contribution in [0, 0.1) is 4.91 Å². The number of hydrogen-bond acceptors (Lipinski definition) is 6. The first-order chi connectivity index (χ1) is 4.91. The fraction of sp³-hybridized carbons (Fsp3) is 1.00. The largest absolute Gasteiger partial charge is 0.395 e. The van der Waals surface area contributed by atoms with Crippen LogP contribution in [0.2, 0.25) is 0 Å². The second kappa shape index (κ2) is 9.06. The lowest BCUT2D eigenvalue weighted by Gasteiger charge is -1.95. The van der Waals surface area contributed by atoms with E-state index in [1.54, 1.807) is 21.6 Å². The molecule has 0 amide bonds. The Balaban J connectivity index is 2.70. The zero-order valence-corrected chi connectivity index (χ0v) is 6.99. The Labute approximate surface area is 67.0 Å². The van der Waals surface area contributed by atoms with Crippen LogP contribution in [-0.4, -0.2) is 29.8 Å². The molecule has 0 saturated heterocycles. The van der Waals surface area contributed by atoms with Crippen molar-refractivity contribution in [2.24, 2.45) is 5.34 Å². The summed E-state index contributed by atoms with van der Waals surface area (Å²) >= 11 is 0. The highest BCUT2D eigenvalue weighted by atomic mass is 33.1. The molecule has 0 aromatic carbocycles. The molecule has 60 valence electrons. The summed E-state index contributed by atoms with van der Waals surface area (Å²) in [5.74, 6) is 1.43. The molecule has 0 bridgehead atoms. The first-order valence-electron chi connectivity index (χ1n) is 2.71. The molecule has 0 aromatic rings. The van der Waals surface area contributed by atoms with Crippen LogP contribution >= 0.6 is 21.6 Å². The Morgan fingerprint density at radius 3 is 2.70 bits per heavy atom. The molecule has 6 heteroatoms. The molecule has 10 heavy (non-hydrogen) atoms. The molecule has 0 aliphatic carbocycles. The van der Waals surface area contributed by atoms with Crippen LogP contribution in [-0.2, 0) is 4.84 Å². The molecule has 1 N–H and O–H groups in total. The standard InChI is InChI=1S/C4H9NO3S2/c6-1-3-9-10-4-2-8-5-7/h6H,1-4H2. The van der Waals surface area contributed by atoms with Crippen LogP contribution in [0.25, 0.3) is 0 Å². The molecular formula is C4H9NO3S2. The van der Waals surface area contributed by atoms with Gasteiger partial charge in [0.1, 0.15) is 6.61 Å². The van der Waals surface area contributed by atoms with Gasteiger partial charge in [0.15, 0.2) is 5.34 Å². The summed E-state index contributed by atoms with van der Waals surface area (Å²) in [7, 11) is 3.10. The normalized spacial score (nSPS) is 9.30. The molecule has 0 atom stereocenters.